The first-order valence-corrected chi connectivity index (χ1v) is 19.4. The highest BCUT2D eigenvalue weighted by atomic mass is 16.6. The lowest BCUT2D eigenvalue weighted by Crippen LogP contribution is -2.33. The number of unbranched alkanes of at least 4 members (excludes halogenated alkanes) is 1. The molecule has 0 aliphatic rings. The predicted octanol–water partition coefficient (Wildman–Crippen LogP) is 1.82. The minimum atomic E-state index is -0.0000308. The van der Waals surface area contributed by atoms with Crippen LogP contribution in [0.15, 0.2) is 0 Å². The molecule has 0 unspecified atom stereocenters. The molecule has 0 bridgehead atoms. The Kier molecular flexibility index (Phi) is 103. The molecule has 23 nitrogen and oxygen atoms in total. The lowest BCUT2D eigenvalue weighted by molar-refractivity contribution is -0.0995. The minimum Gasteiger partial charge on any atom is -0.381 e. The number of rotatable bonds is 40. The Morgan fingerprint density at radius 1 is 0.375 bits per heavy atom. The second-order valence-corrected chi connectivity index (χ2v) is 13.0. The Bertz CT molecular complexity index is 734. The van der Waals surface area contributed by atoms with E-state index in [2.05, 4.69) is 38.8 Å². The molecule has 0 rings (SSSR count). The summed E-state index contributed by atoms with van der Waals surface area (Å²) in [6.45, 7) is 12.0. The lowest BCUT2D eigenvalue weighted by atomic mass is 10.4. The number of nitrogens with zero attached hydrogens (tertiary/aromatic N) is 6. The van der Waals surface area contributed by atoms with Crippen molar-refractivity contribution in [3.05, 3.63) is 0 Å². The minimum absolute atomic E-state index is 0. The van der Waals surface area contributed by atoms with E-state index in [4.69, 9.17) is 52.5 Å². The highest BCUT2D eigenvalue weighted by molar-refractivity contribution is 4.40. The van der Waals surface area contributed by atoms with E-state index < -0.39 is 0 Å². The summed E-state index contributed by atoms with van der Waals surface area (Å²) in [5.74, 6) is 0. The van der Waals surface area contributed by atoms with Crippen molar-refractivity contribution in [1.29, 1.82) is 0 Å². The molecule has 0 radical (unpaired) electrons. The van der Waals surface area contributed by atoms with E-state index in [1.807, 2.05) is 95.0 Å². The maximum Gasteiger partial charge on any atom is 0.102 e. The van der Waals surface area contributed by atoms with Gasteiger partial charge in [0, 0.05) is 13.7 Å². The van der Waals surface area contributed by atoms with Crippen LogP contribution in [0.1, 0.15) is 64.3 Å². The van der Waals surface area contributed by atoms with Gasteiger partial charge in [0.05, 0.1) is 40.4 Å². The monoisotopic (exact) mass is 951 g/mol. The largest absolute Gasteiger partial charge is 0.381 e. The van der Waals surface area contributed by atoms with Crippen molar-refractivity contribution in [1.82, 2.24) is 61.3 Å². The molecule has 0 aliphatic heterocycles. The zero-order valence-electron chi connectivity index (χ0n) is 38.8. The molecule has 0 saturated heterocycles. The molecule has 0 amide bonds. The van der Waals surface area contributed by atoms with Crippen molar-refractivity contribution in [2.75, 3.05) is 219 Å². The lowest BCUT2D eigenvalue weighted by Gasteiger charge is -2.22. The van der Waals surface area contributed by atoms with Crippen LogP contribution in [0.5, 0.6) is 0 Å². The third kappa shape index (κ3) is 84.5. The molecular formula is C41H114N12O11. The van der Waals surface area contributed by atoms with Gasteiger partial charge in [-0.2, -0.15) is 0 Å². The molecule has 0 aromatic heterocycles. The summed E-state index contributed by atoms with van der Waals surface area (Å²) in [5.41, 5.74) is 0. The Balaban J connectivity index is -0.0000000809. The molecule has 0 heterocycles. The van der Waals surface area contributed by atoms with Crippen LogP contribution in [0.2, 0.25) is 0 Å². The number of aliphatic hydroxyl groups excluding tert-OH is 1. The molecule has 7 N–H and O–H groups in total. The smallest absolute Gasteiger partial charge is 0.102 e. The van der Waals surface area contributed by atoms with Gasteiger partial charge in [-0.3, -0.25) is 56.0 Å². The van der Waals surface area contributed by atoms with Gasteiger partial charge in [0.15, 0.2) is 0 Å². The normalized spacial score (nSPS) is 10.3. The summed E-state index contributed by atoms with van der Waals surface area (Å²) in [6, 6.07) is 0. The van der Waals surface area contributed by atoms with Crippen LogP contribution in [-0.4, -0.2) is 254 Å². The standard InChI is InChI=1S/C15H36N4O4.C10H26N4O4.C8H21N3O3.C2H7N.6CH4/c1-6-7-8-20-10-17(3)12-22-14-19(5)15-23-13-18(4)11-21-9-16-2;1-11-4-16-6-13-8-18-10-14(2)9-17-7-12-5-15-3;1-9-4-13-7-11(3)8-14-6-10(2)5-12;1-3-2;;;;;;/h16H,6-15H2,1-5H3;11-13H,4-10H2,1-3H3;9,12H,4-8H2,1-3H3;3H,1-2H3;6*1H4. The molecule has 0 aromatic rings. The van der Waals surface area contributed by atoms with Crippen molar-refractivity contribution in [3.63, 3.8) is 0 Å². The first-order valence-electron chi connectivity index (χ1n) is 19.4. The number of aliphatic hydroxyl groups is 1. The second-order valence-electron chi connectivity index (χ2n) is 13.0. The molecular weight excluding hydrogens is 837 g/mol. The van der Waals surface area contributed by atoms with Crippen LogP contribution in [0.4, 0.5) is 0 Å². The van der Waals surface area contributed by atoms with E-state index in [1.54, 1.807) is 19.1 Å². The molecule has 0 spiro atoms. The first-order chi connectivity index (χ1) is 28.0. The van der Waals surface area contributed by atoms with Gasteiger partial charge in [0.1, 0.15) is 87.5 Å². The molecule has 23 heteroatoms. The summed E-state index contributed by atoms with van der Waals surface area (Å²) >= 11 is 0. The van der Waals surface area contributed by atoms with Crippen molar-refractivity contribution in [2.45, 2.75) is 64.3 Å². The van der Waals surface area contributed by atoms with Crippen LogP contribution in [0, 0.1) is 0 Å². The zero-order valence-corrected chi connectivity index (χ0v) is 38.8. The van der Waals surface area contributed by atoms with E-state index in [1.165, 1.54) is 0 Å². The van der Waals surface area contributed by atoms with Gasteiger partial charge in [-0.05, 0) is 83.9 Å². The van der Waals surface area contributed by atoms with E-state index in [9.17, 15) is 0 Å². The van der Waals surface area contributed by atoms with Gasteiger partial charge in [-0.25, -0.2) is 0 Å². The zero-order chi connectivity index (χ0) is 44.3. The van der Waals surface area contributed by atoms with Gasteiger partial charge in [-0.15, -0.1) is 0 Å². The number of methoxy groups -OCH3 is 1. The molecule has 0 aliphatic carbocycles. The van der Waals surface area contributed by atoms with Gasteiger partial charge in [0.25, 0.3) is 0 Å². The van der Waals surface area contributed by atoms with Gasteiger partial charge >= 0.3 is 0 Å². The Labute approximate surface area is 396 Å². The topological polar surface area (TPSA) is 204 Å². The van der Waals surface area contributed by atoms with Crippen molar-refractivity contribution >= 4 is 0 Å². The fourth-order valence-electron chi connectivity index (χ4n) is 3.32. The van der Waals surface area contributed by atoms with Crippen molar-refractivity contribution in [2.24, 2.45) is 0 Å². The summed E-state index contributed by atoms with van der Waals surface area (Å²) in [7, 11) is 22.3. The molecule has 0 atom stereocenters. The number of nitrogens with one attached hydrogen (secondary N) is 6. The van der Waals surface area contributed by atoms with Crippen LogP contribution >= 0.6 is 0 Å². The predicted molar refractivity (Wildman–Crippen MR) is 267 cm³/mol. The van der Waals surface area contributed by atoms with Crippen molar-refractivity contribution in [3.8, 4) is 0 Å². The van der Waals surface area contributed by atoms with Gasteiger partial charge < -0.3 is 57.8 Å². The Hall–Kier alpha value is -0.920. The highest BCUT2D eigenvalue weighted by Crippen LogP contribution is 1.93. The fraction of sp³-hybridized carbons (Fsp3) is 1.00. The Morgan fingerprint density at radius 3 is 0.953 bits per heavy atom. The van der Waals surface area contributed by atoms with E-state index in [-0.39, 0.29) is 51.3 Å². The van der Waals surface area contributed by atoms with Crippen LogP contribution in [0.3, 0.4) is 0 Å². The summed E-state index contributed by atoms with van der Waals surface area (Å²) in [5, 5.41) is 26.0. The average Bonchev–Trinajstić information content (AvgIpc) is 3.20. The molecule has 0 aromatic carbocycles. The SMILES string of the molecule is C.C.C.C.C.C.CCCCOCN(C)COCN(C)COCN(C)COCNC.CNC.CNCOCN(C)COCN(C)CO.CNCOCNCOCN(C)COCNCOC. The molecule has 64 heavy (non-hydrogen) atoms. The van der Waals surface area contributed by atoms with Gasteiger partial charge in [0.2, 0.25) is 0 Å². The highest BCUT2D eigenvalue weighted by Gasteiger charge is 2.04. The maximum atomic E-state index is 8.67. The van der Waals surface area contributed by atoms with E-state index in [0.717, 1.165) is 19.4 Å². The summed E-state index contributed by atoms with van der Waals surface area (Å²) in [4.78, 5) is 11.4. The Morgan fingerprint density at radius 2 is 0.641 bits per heavy atom. The van der Waals surface area contributed by atoms with Crippen LogP contribution < -0.4 is 31.9 Å². The third-order valence-electron chi connectivity index (χ3n) is 5.91. The van der Waals surface area contributed by atoms with Gasteiger partial charge in [-0.1, -0.05) is 57.9 Å². The third-order valence-corrected chi connectivity index (χ3v) is 5.91. The quantitative estimate of drug-likeness (QED) is 0.0346. The molecule has 0 saturated carbocycles. The fourth-order valence-corrected chi connectivity index (χ4v) is 3.32. The van der Waals surface area contributed by atoms with Crippen LogP contribution in [-0.2, 0) is 47.4 Å². The number of hydrogen-bond acceptors (Lipinski definition) is 23. The van der Waals surface area contributed by atoms with Crippen molar-refractivity contribution < 1.29 is 52.5 Å². The number of hydrogen-bond donors (Lipinski definition) is 7. The molecule has 404 valence electrons. The maximum absolute atomic E-state index is 8.67. The first kappa shape index (κ1) is 86.3. The molecule has 0 fully saturated rings. The average molecular weight is 951 g/mol. The van der Waals surface area contributed by atoms with Crippen LogP contribution in [0.25, 0.3) is 0 Å². The summed E-state index contributed by atoms with van der Waals surface area (Å²) in [6.07, 6.45) is 2.25. The summed E-state index contributed by atoms with van der Waals surface area (Å²) < 4.78 is 53.1. The second kappa shape index (κ2) is 76.3. The van der Waals surface area contributed by atoms with E-state index in [0.29, 0.717) is 121 Å². The van der Waals surface area contributed by atoms with E-state index >= 15 is 0 Å². The number of ether oxygens (including phenoxy) is 10.